The van der Waals surface area contributed by atoms with E-state index in [0.717, 1.165) is 16.9 Å². The number of carbonyl (C=O) groups is 1. The topological polar surface area (TPSA) is 76.4 Å². The molecule has 2 heterocycles. The highest BCUT2D eigenvalue weighted by Gasteiger charge is 2.42. The maximum absolute atomic E-state index is 13.8. The molecule has 0 bridgehead atoms. The summed E-state index contributed by atoms with van der Waals surface area (Å²) in [7, 11) is 1.38. The van der Waals surface area contributed by atoms with E-state index in [1.807, 2.05) is 13.8 Å². The SMILES string of the molecule is CCC(CC)C(=O)N1c2ccc(OC(F)(F)F)cc2C(N(Cc2cc(C(F)(F)F)cc(C(F)(F)F)c2)c2nnn(C)n2)CC1CC. The lowest BCUT2D eigenvalue weighted by atomic mass is 9.86. The van der Waals surface area contributed by atoms with Crippen LogP contribution in [0.2, 0.25) is 0 Å². The van der Waals surface area contributed by atoms with Crippen molar-refractivity contribution < 1.29 is 49.0 Å². The number of hydrogen-bond donors (Lipinski definition) is 0. The summed E-state index contributed by atoms with van der Waals surface area (Å²) < 4.78 is 126. The van der Waals surface area contributed by atoms with E-state index in [1.165, 1.54) is 22.9 Å². The van der Waals surface area contributed by atoms with Crippen LogP contribution in [0.4, 0.5) is 51.1 Å². The lowest BCUT2D eigenvalue weighted by Gasteiger charge is -2.45. The third-order valence-corrected chi connectivity index (χ3v) is 7.89. The molecule has 0 fully saturated rings. The van der Waals surface area contributed by atoms with Crippen LogP contribution in [-0.4, -0.2) is 38.5 Å². The van der Waals surface area contributed by atoms with Crippen molar-refractivity contribution in [1.29, 1.82) is 0 Å². The number of aryl methyl sites for hydroxylation is 1. The molecule has 2 atom stereocenters. The van der Waals surface area contributed by atoms with Gasteiger partial charge in [0.1, 0.15) is 5.75 Å². The van der Waals surface area contributed by atoms with Gasteiger partial charge in [-0.2, -0.15) is 31.1 Å². The van der Waals surface area contributed by atoms with Crippen molar-refractivity contribution in [3.05, 3.63) is 58.7 Å². The first kappa shape index (κ1) is 34.8. The van der Waals surface area contributed by atoms with Crippen LogP contribution in [0.25, 0.3) is 0 Å². The van der Waals surface area contributed by atoms with Crippen LogP contribution in [0.5, 0.6) is 5.75 Å². The van der Waals surface area contributed by atoms with Gasteiger partial charge in [-0.05, 0) is 72.9 Å². The first-order valence-electron chi connectivity index (χ1n) is 14.4. The van der Waals surface area contributed by atoms with Crippen LogP contribution in [0, 0.1) is 5.92 Å². The monoisotopic (exact) mass is 666 g/mol. The van der Waals surface area contributed by atoms with E-state index in [9.17, 15) is 44.3 Å². The number of alkyl halides is 9. The van der Waals surface area contributed by atoms with E-state index >= 15 is 0 Å². The molecule has 1 aliphatic rings. The minimum Gasteiger partial charge on any atom is -0.406 e. The minimum absolute atomic E-state index is 0.000439. The Morgan fingerprint density at radius 3 is 2.04 bits per heavy atom. The van der Waals surface area contributed by atoms with Crippen molar-refractivity contribution in [3.63, 3.8) is 0 Å². The third-order valence-electron chi connectivity index (χ3n) is 7.89. The second-order valence-corrected chi connectivity index (χ2v) is 10.9. The van der Waals surface area contributed by atoms with Crippen molar-refractivity contribution in [3.8, 4) is 5.75 Å². The number of tetrazole rings is 1. The Bertz CT molecular complexity index is 1500. The largest absolute Gasteiger partial charge is 0.573 e. The zero-order valence-corrected chi connectivity index (χ0v) is 25.1. The van der Waals surface area contributed by atoms with Gasteiger partial charge in [-0.1, -0.05) is 25.9 Å². The molecule has 0 N–H and O–H groups in total. The number of ether oxygens (including phenoxy) is 1. The highest BCUT2D eigenvalue weighted by Crippen LogP contribution is 2.46. The molecule has 17 heteroatoms. The number of nitrogens with zero attached hydrogens (tertiary/aromatic N) is 6. The fraction of sp³-hybridized carbons (Fsp3) is 0.517. The van der Waals surface area contributed by atoms with Crippen molar-refractivity contribution >= 4 is 17.5 Å². The van der Waals surface area contributed by atoms with Gasteiger partial charge in [-0.3, -0.25) is 4.79 Å². The molecule has 252 valence electrons. The molecule has 1 aliphatic heterocycles. The number of benzene rings is 2. The minimum atomic E-state index is -5.11. The van der Waals surface area contributed by atoms with E-state index in [1.54, 1.807) is 6.92 Å². The third kappa shape index (κ3) is 7.66. The summed E-state index contributed by atoms with van der Waals surface area (Å²) >= 11 is 0. The van der Waals surface area contributed by atoms with Crippen LogP contribution in [-0.2, 0) is 30.7 Å². The van der Waals surface area contributed by atoms with E-state index in [0.29, 0.717) is 31.4 Å². The van der Waals surface area contributed by atoms with Gasteiger partial charge in [0.2, 0.25) is 5.91 Å². The Labute approximate surface area is 258 Å². The maximum atomic E-state index is 13.8. The summed E-state index contributed by atoms with van der Waals surface area (Å²) in [6.45, 7) is 4.82. The number of fused-ring (bicyclic) bond motifs is 1. The molecular weight excluding hydrogens is 635 g/mol. The first-order chi connectivity index (χ1) is 21.4. The average molecular weight is 667 g/mol. The van der Waals surface area contributed by atoms with E-state index in [2.05, 4.69) is 20.1 Å². The van der Waals surface area contributed by atoms with Crippen LogP contribution < -0.4 is 14.5 Å². The summed E-state index contributed by atoms with van der Waals surface area (Å²) in [5, 5.41) is 11.8. The fourth-order valence-corrected chi connectivity index (χ4v) is 5.70. The number of amides is 1. The number of hydrogen-bond acceptors (Lipinski definition) is 6. The average Bonchev–Trinajstić information content (AvgIpc) is 3.39. The smallest absolute Gasteiger partial charge is 0.406 e. The van der Waals surface area contributed by atoms with Gasteiger partial charge < -0.3 is 14.5 Å². The number of aromatic nitrogens is 4. The van der Waals surface area contributed by atoms with Crippen LogP contribution >= 0.6 is 0 Å². The molecule has 2 aromatic carbocycles. The standard InChI is InChI=1S/C29H31F9N6O2/c1-5-17(6-2)25(45)44-20(7-3)13-24(22-14-21(8-9-23(22)44)46-29(36,37)38)43(26-39-41-42(4)40-26)15-16-10-18(27(30,31)32)12-19(11-16)28(33,34)35/h8-12,14,17,20,24H,5-7,13,15H2,1-4H3. The zero-order chi connectivity index (χ0) is 34.2. The van der Waals surface area contributed by atoms with Gasteiger partial charge in [0.15, 0.2) is 0 Å². The molecule has 2 unspecified atom stereocenters. The molecule has 3 aromatic rings. The van der Waals surface area contributed by atoms with Gasteiger partial charge >= 0.3 is 18.7 Å². The summed E-state index contributed by atoms with van der Waals surface area (Å²) in [4.78, 5) is 17.6. The molecule has 1 aromatic heterocycles. The van der Waals surface area contributed by atoms with Gasteiger partial charge in [0.05, 0.1) is 24.2 Å². The first-order valence-corrected chi connectivity index (χ1v) is 14.4. The van der Waals surface area contributed by atoms with E-state index in [4.69, 9.17) is 0 Å². The van der Waals surface area contributed by atoms with Crippen LogP contribution in [0.1, 0.15) is 74.8 Å². The molecule has 0 spiro atoms. The van der Waals surface area contributed by atoms with Crippen molar-refractivity contribution in [2.45, 2.75) is 83.8 Å². The predicted molar refractivity (Wildman–Crippen MR) is 148 cm³/mol. The molecule has 4 rings (SSSR count). The number of rotatable bonds is 9. The molecule has 0 radical (unpaired) electrons. The highest BCUT2D eigenvalue weighted by atomic mass is 19.4. The Hall–Kier alpha value is -4.05. The Morgan fingerprint density at radius 2 is 1.57 bits per heavy atom. The van der Waals surface area contributed by atoms with E-state index < -0.39 is 65.7 Å². The number of halogens is 9. The molecule has 0 aliphatic carbocycles. The predicted octanol–water partition coefficient (Wildman–Crippen LogP) is 7.85. The Morgan fingerprint density at radius 1 is 0.957 bits per heavy atom. The van der Waals surface area contributed by atoms with Crippen molar-refractivity contribution in [2.24, 2.45) is 13.0 Å². The number of carbonyl (C=O) groups excluding carboxylic acids is 1. The molecular formula is C29H31F9N6O2. The second kappa shape index (κ2) is 13.0. The van der Waals surface area contributed by atoms with Gasteiger partial charge in [-0.25, -0.2) is 0 Å². The van der Waals surface area contributed by atoms with Crippen molar-refractivity contribution in [2.75, 3.05) is 9.80 Å². The molecule has 0 saturated heterocycles. The quantitative estimate of drug-likeness (QED) is 0.217. The normalized spacial score (nSPS) is 17.3. The molecule has 46 heavy (non-hydrogen) atoms. The summed E-state index contributed by atoms with van der Waals surface area (Å²) in [6, 6.07) is 2.93. The molecule has 0 saturated carbocycles. The van der Waals surface area contributed by atoms with Crippen LogP contribution in [0.15, 0.2) is 36.4 Å². The zero-order valence-electron chi connectivity index (χ0n) is 25.1. The van der Waals surface area contributed by atoms with Crippen molar-refractivity contribution in [1.82, 2.24) is 20.2 Å². The summed E-state index contributed by atoms with van der Waals surface area (Å²) in [6.07, 6.45) is -13.9. The van der Waals surface area contributed by atoms with E-state index in [-0.39, 0.29) is 35.6 Å². The van der Waals surface area contributed by atoms with Gasteiger partial charge in [-0.15, -0.1) is 18.3 Å². The lowest BCUT2D eigenvalue weighted by molar-refractivity contribution is -0.274. The fourth-order valence-electron chi connectivity index (χ4n) is 5.70. The second-order valence-electron chi connectivity index (χ2n) is 10.9. The summed E-state index contributed by atoms with van der Waals surface area (Å²) in [5.74, 6) is -1.51. The van der Waals surface area contributed by atoms with Gasteiger partial charge in [0.25, 0.3) is 5.95 Å². The van der Waals surface area contributed by atoms with Gasteiger partial charge in [0, 0.05) is 29.8 Å². The van der Waals surface area contributed by atoms with Crippen LogP contribution in [0.3, 0.4) is 0 Å². The Kier molecular flexibility index (Phi) is 9.83. The highest BCUT2D eigenvalue weighted by molar-refractivity contribution is 5.97. The number of anilines is 2. The lowest BCUT2D eigenvalue weighted by Crippen LogP contribution is -2.49. The maximum Gasteiger partial charge on any atom is 0.573 e. The Balaban J connectivity index is 1.93. The molecule has 8 nitrogen and oxygen atoms in total. The molecule has 1 amide bonds. The summed E-state index contributed by atoms with van der Waals surface area (Å²) in [5.41, 5.74) is -3.16.